The summed E-state index contributed by atoms with van der Waals surface area (Å²) in [5, 5.41) is 1.23. The Morgan fingerprint density at radius 1 is 1.16 bits per heavy atom. The van der Waals surface area contributed by atoms with E-state index in [4.69, 9.17) is 5.73 Å². The van der Waals surface area contributed by atoms with Crippen LogP contribution >= 0.6 is 0 Å². The molecule has 1 aliphatic rings. The molecule has 4 heteroatoms. The Bertz CT molecular complexity index is 821. The Hall–Kier alpha value is -2.49. The molecule has 1 aromatic carbocycles. The smallest absolute Gasteiger partial charge is 0.184 e. The second-order valence-electron chi connectivity index (χ2n) is 6.96. The van der Waals surface area contributed by atoms with Gasteiger partial charge in [-0.2, -0.15) is 0 Å². The molecule has 0 bridgehead atoms. The van der Waals surface area contributed by atoms with Gasteiger partial charge in [0, 0.05) is 17.5 Å². The van der Waals surface area contributed by atoms with Gasteiger partial charge in [0.1, 0.15) is 5.70 Å². The molecule has 130 valence electrons. The van der Waals surface area contributed by atoms with Crippen molar-refractivity contribution >= 4 is 23.0 Å². The highest BCUT2D eigenvalue weighted by Crippen LogP contribution is 2.39. The number of ketones is 1. The van der Waals surface area contributed by atoms with Crippen molar-refractivity contribution in [3.8, 4) is 0 Å². The van der Waals surface area contributed by atoms with Gasteiger partial charge in [-0.3, -0.25) is 9.78 Å². The Morgan fingerprint density at radius 2 is 1.92 bits per heavy atom. The lowest BCUT2D eigenvalue weighted by Gasteiger charge is -2.28. The van der Waals surface area contributed by atoms with Crippen LogP contribution in [0.15, 0.2) is 52.8 Å². The lowest BCUT2D eigenvalue weighted by Crippen LogP contribution is -2.23. The average Bonchev–Trinajstić information content (AvgIpc) is 2.65. The minimum atomic E-state index is 0.0537. The molecule has 0 unspecified atom stereocenters. The molecule has 0 spiro atoms. The van der Waals surface area contributed by atoms with E-state index in [9.17, 15) is 4.79 Å². The zero-order valence-corrected chi connectivity index (χ0v) is 14.9. The largest absolute Gasteiger partial charge is 0.390 e. The summed E-state index contributed by atoms with van der Waals surface area (Å²) in [4.78, 5) is 21.3. The minimum absolute atomic E-state index is 0.0537. The van der Waals surface area contributed by atoms with Gasteiger partial charge in [0.25, 0.3) is 0 Å². The quantitative estimate of drug-likeness (QED) is 0.513. The van der Waals surface area contributed by atoms with Gasteiger partial charge in [-0.05, 0) is 68.7 Å². The molecule has 0 saturated heterocycles. The maximum Gasteiger partial charge on any atom is 0.184 e. The SMILES string of the molecule is CC(C)=C(N=CN)C(=O)C1CCC(c2cccc3ncccc23)CC1. The van der Waals surface area contributed by atoms with E-state index >= 15 is 0 Å². The molecule has 1 aliphatic carbocycles. The first-order chi connectivity index (χ1) is 12.1. The number of Topliss-reactive ketones (excluding diaryl/α,β-unsaturated/α-hetero) is 1. The number of carbonyl (C=O) groups is 1. The van der Waals surface area contributed by atoms with Crippen LogP contribution < -0.4 is 5.73 Å². The molecular formula is C21H25N3O. The van der Waals surface area contributed by atoms with Crippen molar-refractivity contribution in [1.82, 2.24) is 4.98 Å². The topological polar surface area (TPSA) is 68.3 Å². The summed E-state index contributed by atoms with van der Waals surface area (Å²) in [7, 11) is 0. The lowest BCUT2D eigenvalue weighted by molar-refractivity contribution is -0.120. The van der Waals surface area contributed by atoms with E-state index in [1.807, 2.05) is 26.1 Å². The number of hydrogen-bond donors (Lipinski definition) is 1. The van der Waals surface area contributed by atoms with Crippen molar-refractivity contribution in [2.75, 3.05) is 0 Å². The van der Waals surface area contributed by atoms with E-state index < -0.39 is 0 Å². The van der Waals surface area contributed by atoms with E-state index in [1.165, 1.54) is 17.3 Å². The van der Waals surface area contributed by atoms with Crippen molar-refractivity contribution in [2.45, 2.75) is 45.4 Å². The van der Waals surface area contributed by atoms with E-state index in [-0.39, 0.29) is 11.7 Å². The number of hydrogen-bond acceptors (Lipinski definition) is 3. The molecule has 1 fully saturated rings. The van der Waals surface area contributed by atoms with Crippen LogP contribution in [0.1, 0.15) is 51.0 Å². The molecule has 1 saturated carbocycles. The zero-order valence-electron chi connectivity index (χ0n) is 14.9. The van der Waals surface area contributed by atoms with E-state index in [0.29, 0.717) is 11.6 Å². The first-order valence-electron chi connectivity index (χ1n) is 8.91. The molecule has 0 aliphatic heterocycles. The van der Waals surface area contributed by atoms with Crippen molar-refractivity contribution in [1.29, 1.82) is 0 Å². The molecule has 1 heterocycles. The highest BCUT2D eigenvalue weighted by molar-refractivity contribution is 5.98. The fourth-order valence-corrected chi connectivity index (χ4v) is 3.86. The van der Waals surface area contributed by atoms with Crippen molar-refractivity contribution in [2.24, 2.45) is 16.6 Å². The van der Waals surface area contributed by atoms with Crippen LogP contribution in [-0.2, 0) is 4.79 Å². The van der Waals surface area contributed by atoms with Crippen LogP contribution in [0.4, 0.5) is 0 Å². The second-order valence-corrected chi connectivity index (χ2v) is 6.96. The Labute approximate surface area is 148 Å². The predicted octanol–water partition coefficient (Wildman–Crippen LogP) is 4.36. The Kier molecular flexibility index (Phi) is 5.27. The number of nitrogens with zero attached hydrogens (tertiary/aromatic N) is 2. The monoisotopic (exact) mass is 335 g/mol. The van der Waals surface area contributed by atoms with Crippen molar-refractivity contribution in [3.05, 3.63) is 53.4 Å². The molecular weight excluding hydrogens is 310 g/mol. The molecule has 25 heavy (non-hydrogen) atoms. The van der Waals surface area contributed by atoms with Crippen molar-refractivity contribution < 1.29 is 4.79 Å². The molecule has 2 N–H and O–H groups in total. The van der Waals surface area contributed by atoms with E-state index in [1.54, 1.807) is 0 Å². The molecule has 0 atom stereocenters. The number of allylic oxidation sites excluding steroid dienone is 2. The standard InChI is InChI=1S/C21H25N3O/c1-14(2)20(24-13-22)21(25)16-10-8-15(9-11-16)17-5-3-7-19-18(17)6-4-12-23-19/h3-7,12-13,15-16H,8-11H2,1-2H3,(H2,22,24). The van der Waals surface area contributed by atoms with E-state index in [2.05, 4.69) is 34.2 Å². The van der Waals surface area contributed by atoms with Crippen LogP contribution in [0.2, 0.25) is 0 Å². The predicted molar refractivity (Wildman–Crippen MR) is 103 cm³/mol. The summed E-state index contributed by atoms with van der Waals surface area (Å²) in [6.45, 7) is 3.82. The van der Waals surface area contributed by atoms with Gasteiger partial charge in [0.15, 0.2) is 5.78 Å². The fraction of sp³-hybridized carbons (Fsp3) is 0.381. The summed E-state index contributed by atoms with van der Waals surface area (Å²) < 4.78 is 0. The summed E-state index contributed by atoms with van der Waals surface area (Å²) in [6, 6.07) is 10.5. The third-order valence-electron chi connectivity index (χ3n) is 5.13. The number of aromatic nitrogens is 1. The Morgan fingerprint density at radius 3 is 2.60 bits per heavy atom. The summed E-state index contributed by atoms with van der Waals surface area (Å²) in [5.74, 6) is 0.683. The molecule has 2 aromatic rings. The highest BCUT2D eigenvalue weighted by Gasteiger charge is 2.29. The van der Waals surface area contributed by atoms with Crippen LogP contribution in [0, 0.1) is 5.92 Å². The highest BCUT2D eigenvalue weighted by atomic mass is 16.1. The zero-order chi connectivity index (χ0) is 17.8. The van der Waals surface area contributed by atoms with Gasteiger partial charge >= 0.3 is 0 Å². The molecule has 0 radical (unpaired) electrons. The number of carbonyl (C=O) groups excluding carboxylic acids is 1. The number of rotatable bonds is 4. The molecule has 1 aromatic heterocycles. The van der Waals surface area contributed by atoms with Crippen molar-refractivity contribution in [3.63, 3.8) is 0 Å². The summed E-state index contributed by atoms with van der Waals surface area (Å²) in [6.07, 6.45) is 6.89. The normalized spacial score (nSPS) is 20.7. The molecule has 4 nitrogen and oxygen atoms in total. The number of fused-ring (bicyclic) bond motifs is 1. The number of benzene rings is 1. The third kappa shape index (κ3) is 3.63. The van der Waals surface area contributed by atoms with Crippen LogP contribution in [0.3, 0.4) is 0 Å². The average molecular weight is 335 g/mol. The van der Waals surface area contributed by atoms with Gasteiger partial charge in [0.05, 0.1) is 11.9 Å². The van der Waals surface area contributed by atoms with Crippen LogP contribution in [-0.4, -0.2) is 17.1 Å². The summed E-state index contributed by atoms with van der Waals surface area (Å²) in [5.41, 5.74) is 9.26. The molecule has 0 amide bonds. The fourth-order valence-electron chi connectivity index (χ4n) is 3.86. The third-order valence-corrected chi connectivity index (χ3v) is 5.13. The molecule has 3 rings (SSSR count). The van der Waals surface area contributed by atoms with Crippen LogP contribution in [0.25, 0.3) is 10.9 Å². The second kappa shape index (κ2) is 7.60. The van der Waals surface area contributed by atoms with Gasteiger partial charge in [0.2, 0.25) is 0 Å². The van der Waals surface area contributed by atoms with Gasteiger partial charge in [-0.25, -0.2) is 4.99 Å². The summed E-state index contributed by atoms with van der Waals surface area (Å²) >= 11 is 0. The maximum absolute atomic E-state index is 12.7. The van der Waals surface area contributed by atoms with Gasteiger partial charge < -0.3 is 5.73 Å². The first-order valence-corrected chi connectivity index (χ1v) is 8.91. The number of aliphatic imine (C=N–C) groups is 1. The lowest BCUT2D eigenvalue weighted by atomic mass is 9.76. The van der Waals surface area contributed by atoms with Gasteiger partial charge in [-0.1, -0.05) is 18.2 Å². The van der Waals surface area contributed by atoms with E-state index in [0.717, 1.165) is 36.8 Å². The van der Waals surface area contributed by atoms with Gasteiger partial charge in [-0.15, -0.1) is 0 Å². The van der Waals surface area contributed by atoms with Crippen LogP contribution in [0.5, 0.6) is 0 Å². The Balaban J connectivity index is 1.76. The number of nitrogens with two attached hydrogens (primary N) is 1. The number of pyridine rings is 1. The minimum Gasteiger partial charge on any atom is -0.390 e. The first kappa shape index (κ1) is 17.3. The maximum atomic E-state index is 12.7.